The lowest BCUT2D eigenvalue weighted by Crippen LogP contribution is -2.23. The van der Waals surface area contributed by atoms with Gasteiger partial charge < -0.3 is 14.0 Å². The molecule has 3 aromatic rings. The quantitative estimate of drug-likeness (QED) is 0.634. The number of esters is 2. The highest BCUT2D eigenvalue weighted by atomic mass is 32.1. The second-order valence-corrected chi connectivity index (χ2v) is 7.99. The van der Waals surface area contributed by atoms with Crippen LogP contribution in [0.2, 0.25) is 0 Å². The Morgan fingerprint density at radius 1 is 1.15 bits per heavy atom. The molecule has 136 valence electrons. The summed E-state index contributed by atoms with van der Waals surface area (Å²) in [5.74, 6) is -0.700. The number of carbonyl (C=O) groups excluding carboxylic acids is 2. The number of hydrogen-bond donors (Lipinski definition) is 0. The van der Waals surface area contributed by atoms with Gasteiger partial charge in [0.05, 0.1) is 17.3 Å². The van der Waals surface area contributed by atoms with Gasteiger partial charge >= 0.3 is 11.9 Å². The van der Waals surface area contributed by atoms with E-state index in [-0.39, 0.29) is 18.5 Å². The summed E-state index contributed by atoms with van der Waals surface area (Å²) in [4.78, 5) is 24.7. The molecule has 0 fully saturated rings. The SMILES string of the molecule is COC(=O)Cn1cc(-c2ccccc2)c2sc(C(=O)OC(C)(C)C)cc21. The topological polar surface area (TPSA) is 57.5 Å². The molecule has 6 heteroatoms. The molecule has 0 saturated carbocycles. The molecule has 0 bridgehead atoms. The third-order valence-electron chi connectivity index (χ3n) is 3.76. The Labute approximate surface area is 156 Å². The van der Waals surface area contributed by atoms with Crippen molar-refractivity contribution >= 4 is 33.5 Å². The van der Waals surface area contributed by atoms with Gasteiger partial charge in [-0.25, -0.2) is 4.79 Å². The smallest absolute Gasteiger partial charge is 0.348 e. The predicted octanol–water partition coefficient (Wildman–Crippen LogP) is 4.50. The molecule has 26 heavy (non-hydrogen) atoms. The fourth-order valence-corrected chi connectivity index (χ4v) is 3.74. The first kappa shape index (κ1) is 18.2. The highest BCUT2D eigenvalue weighted by Gasteiger charge is 2.23. The zero-order valence-corrected chi connectivity index (χ0v) is 16.1. The zero-order valence-electron chi connectivity index (χ0n) is 15.2. The summed E-state index contributed by atoms with van der Waals surface area (Å²) in [7, 11) is 1.36. The lowest BCUT2D eigenvalue weighted by atomic mass is 10.1. The number of methoxy groups -OCH3 is 1. The highest BCUT2D eigenvalue weighted by Crippen LogP contribution is 2.37. The number of rotatable bonds is 4. The normalized spacial score (nSPS) is 11.5. The van der Waals surface area contributed by atoms with E-state index in [9.17, 15) is 9.59 Å². The number of benzene rings is 1. The van der Waals surface area contributed by atoms with Crippen LogP contribution in [0.3, 0.4) is 0 Å². The van der Waals surface area contributed by atoms with E-state index in [0.29, 0.717) is 4.88 Å². The number of thiophene rings is 1. The minimum absolute atomic E-state index is 0.0876. The zero-order chi connectivity index (χ0) is 18.9. The summed E-state index contributed by atoms with van der Waals surface area (Å²) in [6.07, 6.45) is 1.92. The van der Waals surface area contributed by atoms with Crippen LogP contribution in [0.15, 0.2) is 42.6 Å². The summed E-state index contributed by atoms with van der Waals surface area (Å²) in [5, 5.41) is 0. The summed E-state index contributed by atoms with van der Waals surface area (Å²) in [6, 6.07) is 11.7. The van der Waals surface area contributed by atoms with Crippen molar-refractivity contribution < 1.29 is 19.1 Å². The van der Waals surface area contributed by atoms with Gasteiger partial charge in [0.15, 0.2) is 0 Å². The number of ether oxygens (including phenoxy) is 2. The molecule has 5 nitrogen and oxygen atoms in total. The molecule has 0 radical (unpaired) electrons. The monoisotopic (exact) mass is 371 g/mol. The Morgan fingerprint density at radius 3 is 2.46 bits per heavy atom. The van der Waals surface area contributed by atoms with Gasteiger partial charge in [-0.3, -0.25) is 4.79 Å². The average molecular weight is 371 g/mol. The van der Waals surface area contributed by atoms with Crippen LogP contribution in [0.25, 0.3) is 21.3 Å². The van der Waals surface area contributed by atoms with Gasteiger partial charge in [0.1, 0.15) is 17.0 Å². The van der Waals surface area contributed by atoms with Crippen molar-refractivity contribution in [3.8, 4) is 11.1 Å². The molecular formula is C20H21NO4S. The lowest BCUT2D eigenvalue weighted by Gasteiger charge is -2.18. The van der Waals surface area contributed by atoms with Crippen LogP contribution in [-0.4, -0.2) is 29.2 Å². The van der Waals surface area contributed by atoms with Crippen LogP contribution in [0, 0.1) is 0 Å². The molecule has 0 aliphatic heterocycles. The van der Waals surface area contributed by atoms with Gasteiger partial charge in [-0.15, -0.1) is 11.3 Å². The summed E-state index contributed by atoms with van der Waals surface area (Å²) >= 11 is 1.38. The predicted molar refractivity (Wildman–Crippen MR) is 102 cm³/mol. The Kier molecular flexibility index (Phi) is 4.87. The second kappa shape index (κ2) is 6.96. The third-order valence-corrected chi connectivity index (χ3v) is 4.90. The van der Waals surface area contributed by atoms with E-state index in [1.54, 1.807) is 6.07 Å². The van der Waals surface area contributed by atoms with E-state index in [1.807, 2.05) is 61.9 Å². The molecule has 0 saturated heterocycles. The molecule has 0 amide bonds. The summed E-state index contributed by atoms with van der Waals surface area (Å²) < 4.78 is 13.0. The molecule has 0 aliphatic carbocycles. The van der Waals surface area contributed by atoms with Crippen molar-refractivity contribution in [3.63, 3.8) is 0 Å². The van der Waals surface area contributed by atoms with Crippen LogP contribution >= 0.6 is 11.3 Å². The summed E-state index contributed by atoms with van der Waals surface area (Å²) in [6.45, 7) is 5.60. The molecule has 0 aliphatic rings. The molecule has 1 aromatic carbocycles. The first-order chi connectivity index (χ1) is 12.3. The van der Waals surface area contributed by atoms with Gasteiger partial charge in [0.2, 0.25) is 0 Å². The number of aromatic nitrogens is 1. The maximum absolute atomic E-state index is 12.5. The molecular weight excluding hydrogens is 350 g/mol. The maximum Gasteiger partial charge on any atom is 0.348 e. The Bertz CT molecular complexity index is 948. The molecule has 0 N–H and O–H groups in total. The van der Waals surface area contributed by atoms with Crippen molar-refractivity contribution in [1.29, 1.82) is 0 Å². The van der Waals surface area contributed by atoms with E-state index in [2.05, 4.69) is 0 Å². The second-order valence-electron chi connectivity index (χ2n) is 6.94. The molecule has 2 heterocycles. The average Bonchev–Trinajstić information content (AvgIpc) is 3.14. The van der Waals surface area contributed by atoms with E-state index >= 15 is 0 Å². The van der Waals surface area contributed by atoms with Crippen LogP contribution in [0.1, 0.15) is 30.4 Å². The Hall–Kier alpha value is -2.60. The van der Waals surface area contributed by atoms with Crippen molar-refractivity contribution in [2.45, 2.75) is 32.9 Å². The number of nitrogens with zero attached hydrogens (tertiary/aromatic N) is 1. The van der Waals surface area contributed by atoms with Crippen molar-refractivity contribution in [3.05, 3.63) is 47.5 Å². The Morgan fingerprint density at radius 2 is 1.85 bits per heavy atom. The highest BCUT2D eigenvalue weighted by molar-refractivity contribution is 7.21. The van der Waals surface area contributed by atoms with Gasteiger partial charge in [-0.1, -0.05) is 30.3 Å². The van der Waals surface area contributed by atoms with Gasteiger partial charge in [0, 0.05) is 11.8 Å². The maximum atomic E-state index is 12.5. The van der Waals surface area contributed by atoms with E-state index in [1.165, 1.54) is 18.4 Å². The van der Waals surface area contributed by atoms with Crippen molar-refractivity contribution in [1.82, 2.24) is 4.57 Å². The molecule has 0 atom stereocenters. The number of fused-ring (bicyclic) bond motifs is 1. The standard InChI is InChI=1S/C20H21NO4S/c1-20(2,3)25-19(23)16-10-15-18(26-16)14(13-8-6-5-7-9-13)11-21(15)12-17(22)24-4/h5-11H,12H2,1-4H3. The van der Waals surface area contributed by atoms with E-state index in [0.717, 1.165) is 21.3 Å². The van der Waals surface area contributed by atoms with Crippen LogP contribution in [0.5, 0.6) is 0 Å². The van der Waals surface area contributed by atoms with E-state index < -0.39 is 5.60 Å². The Balaban J connectivity index is 2.09. The summed E-state index contributed by atoms with van der Waals surface area (Å²) in [5.41, 5.74) is 2.26. The lowest BCUT2D eigenvalue weighted by molar-refractivity contribution is -0.141. The minimum atomic E-state index is -0.560. The van der Waals surface area contributed by atoms with Crippen molar-refractivity contribution in [2.75, 3.05) is 7.11 Å². The third kappa shape index (κ3) is 3.80. The molecule has 2 aromatic heterocycles. The first-order valence-electron chi connectivity index (χ1n) is 8.27. The number of carbonyl (C=O) groups is 2. The van der Waals surface area contributed by atoms with Crippen molar-refractivity contribution in [2.24, 2.45) is 0 Å². The van der Waals surface area contributed by atoms with E-state index in [4.69, 9.17) is 9.47 Å². The first-order valence-corrected chi connectivity index (χ1v) is 9.08. The molecule has 0 unspecified atom stereocenters. The van der Waals surface area contributed by atoms with Gasteiger partial charge in [0.25, 0.3) is 0 Å². The van der Waals surface area contributed by atoms with Crippen LogP contribution < -0.4 is 0 Å². The fraction of sp³-hybridized carbons (Fsp3) is 0.300. The van der Waals surface area contributed by atoms with Crippen LogP contribution in [-0.2, 0) is 20.8 Å². The van der Waals surface area contributed by atoms with Gasteiger partial charge in [-0.2, -0.15) is 0 Å². The largest absolute Gasteiger partial charge is 0.468 e. The molecule has 3 rings (SSSR count). The minimum Gasteiger partial charge on any atom is -0.468 e. The molecule has 0 spiro atoms. The fourth-order valence-electron chi connectivity index (χ4n) is 2.66. The van der Waals surface area contributed by atoms with Gasteiger partial charge in [-0.05, 0) is 32.4 Å². The van der Waals surface area contributed by atoms with Crippen LogP contribution in [0.4, 0.5) is 0 Å². The number of hydrogen-bond acceptors (Lipinski definition) is 5.